The van der Waals surface area contributed by atoms with Gasteiger partial charge in [0.05, 0.1) is 12.0 Å². The van der Waals surface area contributed by atoms with E-state index >= 15 is 0 Å². The van der Waals surface area contributed by atoms with Gasteiger partial charge in [0, 0.05) is 0 Å². The van der Waals surface area contributed by atoms with E-state index in [1.807, 2.05) is 0 Å². The van der Waals surface area contributed by atoms with Crippen LogP contribution in [0.5, 0.6) is 0 Å². The Kier molecular flexibility index (Phi) is 1.34. The topological polar surface area (TPSA) is 72.8 Å². The number of hydrogen-bond donors (Lipinski definition) is 1. The summed E-state index contributed by atoms with van der Waals surface area (Å²) in [7, 11) is 0. The fourth-order valence-electron chi connectivity index (χ4n) is 2.97. The van der Waals surface area contributed by atoms with Gasteiger partial charge in [-0.2, -0.15) is 0 Å². The SMILES string of the molecule is O=C(O)[C@@H]1[C@@H]2CC[C@@]3(COC(=O)[C@@H]13)O2. The van der Waals surface area contributed by atoms with E-state index in [9.17, 15) is 9.59 Å². The quantitative estimate of drug-likeness (QED) is 0.590. The van der Waals surface area contributed by atoms with Crippen LogP contribution in [0.1, 0.15) is 12.8 Å². The first-order chi connectivity index (χ1) is 6.64. The molecule has 0 unspecified atom stereocenters. The van der Waals surface area contributed by atoms with Gasteiger partial charge < -0.3 is 14.6 Å². The van der Waals surface area contributed by atoms with Gasteiger partial charge in [0.25, 0.3) is 0 Å². The number of carboxylic acids is 1. The lowest BCUT2D eigenvalue weighted by Crippen LogP contribution is -2.41. The molecule has 1 N–H and O–H groups in total. The zero-order valence-corrected chi connectivity index (χ0v) is 7.43. The van der Waals surface area contributed by atoms with E-state index in [1.54, 1.807) is 0 Å². The van der Waals surface area contributed by atoms with Gasteiger partial charge in [-0.15, -0.1) is 0 Å². The summed E-state index contributed by atoms with van der Waals surface area (Å²) >= 11 is 0. The number of hydrogen-bond acceptors (Lipinski definition) is 4. The molecule has 3 fully saturated rings. The predicted octanol–water partition coefficient (Wildman–Crippen LogP) is -0.208. The van der Waals surface area contributed by atoms with Gasteiger partial charge in [-0.05, 0) is 12.8 Å². The molecule has 3 aliphatic heterocycles. The van der Waals surface area contributed by atoms with Gasteiger partial charge in [-0.1, -0.05) is 0 Å². The number of ether oxygens (including phenoxy) is 2. The van der Waals surface area contributed by atoms with Crippen LogP contribution in [0, 0.1) is 11.8 Å². The first kappa shape index (κ1) is 8.23. The van der Waals surface area contributed by atoms with Gasteiger partial charge in [0.2, 0.25) is 0 Å². The first-order valence-electron chi connectivity index (χ1n) is 4.71. The van der Waals surface area contributed by atoms with E-state index in [-0.39, 0.29) is 12.7 Å². The van der Waals surface area contributed by atoms with Crippen molar-refractivity contribution in [3.63, 3.8) is 0 Å². The molecule has 3 saturated heterocycles. The van der Waals surface area contributed by atoms with Crippen LogP contribution in [0.3, 0.4) is 0 Å². The number of aliphatic carboxylic acids is 1. The maximum absolute atomic E-state index is 11.4. The van der Waals surface area contributed by atoms with Crippen molar-refractivity contribution in [1.82, 2.24) is 0 Å². The van der Waals surface area contributed by atoms with Crippen molar-refractivity contribution in [2.75, 3.05) is 6.61 Å². The molecule has 0 saturated carbocycles. The summed E-state index contributed by atoms with van der Waals surface area (Å²) in [6.45, 7) is 0.233. The predicted molar refractivity (Wildman–Crippen MR) is 42.4 cm³/mol. The molecule has 5 nitrogen and oxygen atoms in total. The average Bonchev–Trinajstić information content (AvgIpc) is 2.75. The highest BCUT2D eigenvalue weighted by Crippen LogP contribution is 2.54. The van der Waals surface area contributed by atoms with Crippen LogP contribution in [-0.4, -0.2) is 35.4 Å². The third-order valence-corrected chi connectivity index (χ3v) is 3.56. The molecule has 3 heterocycles. The Bertz CT molecular complexity index is 325. The van der Waals surface area contributed by atoms with Gasteiger partial charge in [-0.25, -0.2) is 0 Å². The molecule has 3 rings (SSSR count). The molecule has 0 radical (unpaired) electrons. The van der Waals surface area contributed by atoms with Crippen LogP contribution in [0.2, 0.25) is 0 Å². The van der Waals surface area contributed by atoms with Crippen molar-refractivity contribution >= 4 is 11.9 Å². The van der Waals surface area contributed by atoms with E-state index in [1.165, 1.54) is 0 Å². The molecule has 0 aliphatic carbocycles. The Morgan fingerprint density at radius 1 is 1.57 bits per heavy atom. The highest BCUT2D eigenvalue weighted by atomic mass is 16.6. The molecule has 3 aliphatic rings. The molecule has 5 heteroatoms. The second-order valence-electron chi connectivity index (χ2n) is 4.21. The van der Waals surface area contributed by atoms with Crippen LogP contribution in [0.25, 0.3) is 0 Å². The summed E-state index contributed by atoms with van der Waals surface area (Å²) in [5.41, 5.74) is -0.606. The minimum atomic E-state index is -0.944. The molecule has 4 atom stereocenters. The van der Waals surface area contributed by atoms with E-state index in [0.717, 1.165) is 12.8 Å². The largest absolute Gasteiger partial charge is 0.481 e. The van der Waals surface area contributed by atoms with E-state index in [0.29, 0.717) is 0 Å². The Labute approximate surface area is 80.0 Å². The number of carbonyl (C=O) groups excluding carboxylic acids is 1. The lowest BCUT2D eigenvalue weighted by Gasteiger charge is -2.23. The fourth-order valence-corrected chi connectivity index (χ4v) is 2.97. The third kappa shape index (κ3) is 0.744. The molecule has 76 valence electrons. The van der Waals surface area contributed by atoms with Crippen LogP contribution in [0.4, 0.5) is 0 Å². The minimum absolute atomic E-state index is 0.233. The maximum atomic E-state index is 11.4. The molecule has 0 aromatic carbocycles. The third-order valence-electron chi connectivity index (χ3n) is 3.56. The van der Waals surface area contributed by atoms with Crippen molar-refractivity contribution in [1.29, 1.82) is 0 Å². The number of rotatable bonds is 1. The van der Waals surface area contributed by atoms with Gasteiger partial charge in [-0.3, -0.25) is 9.59 Å². The molecular formula is C9H10O5. The van der Waals surface area contributed by atoms with Gasteiger partial charge in [0.1, 0.15) is 18.1 Å². The Balaban J connectivity index is 2.03. The highest BCUT2D eigenvalue weighted by Gasteiger charge is 2.68. The van der Waals surface area contributed by atoms with Crippen molar-refractivity contribution in [2.45, 2.75) is 24.5 Å². The zero-order chi connectivity index (χ0) is 9.92. The first-order valence-corrected chi connectivity index (χ1v) is 4.71. The van der Waals surface area contributed by atoms with Gasteiger partial charge in [0.15, 0.2) is 0 Å². The van der Waals surface area contributed by atoms with Crippen molar-refractivity contribution < 1.29 is 24.2 Å². The van der Waals surface area contributed by atoms with Crippen molar-refractivity contribution in [2.24, 2.45) is 11.8 Å². The number of carboxylic acid groups (broad SMARTS) is 1. The maximum Gasteiger partial charge on any atom is 0.313 e. The lowest BCUT2D eigenvalue weighted by molar-refractivity contribution is -0.153. The summed E-state index contributed by atoms with van der Waals surface area (Å²) < 4.78 is 10.5. The molecule has 14 heavy (non-hydrogen) atoms. The molecule has 0 aromatic rings. The van der Waals surface area contributed by atoms with E-state index < -0.39 is 29.4 Å². The fraction of sp³-hybridized carbons (Fsp3) is 0.778. The molecule has 2 bridgehead atoms. The number of fused-ring (bicyclic) bond motifs is 1. The second-order valence-corrected chi connectivity index (χ2v) is 4.21. The smallest absolute Gasteiger partial charge is 0.313 e. The monoisotopic (exact) mass is 198 g/mol. The van der Waals surface area contributed by atoms with Crippen LogP contribution in [-0.2, 0) is 19.1 Å². The lowest BCUT2D eigenvalue weighted by atomic mass is 9.73. The zero-order valence-electron chi connectivity index (χ0n) is 7.43. The van der Waals surface area contributed by atoms with Crippen LogP contribution in [0.15, 0.2) is 0 Å². The number of carbonyl (C=O) groups is 2. The number of esters is 1. The summed E-state index contributed by atoms with van der Waals surface area (Å²) in [6.07, 6.45) is 1.19. The Morgan fingerprint density at radius 2 is 2.36 bits per heavy atom. The molecular weight excluding hydrogens is 188 g/mol. The Hall–Kier alpha value is -1.10. The van der Waals surface area contributed by atoms with Crippen LogP contribution >= 0.6 is 0 Å². The van der Waals surface area contributed by atoms with E-state index in [2.05, 4.69) is 0 Å². The summed E-state index contributed by atoms with van der Waals surface area (Å²) in [4.78, 5) is 22.4. The summed E-state index contributed by atoms with van der Waals surface area (Å²) in [6, 6.07) is 0. The average molecular weight is 198 g/mol. The Morgan fingerprint density at radius 3 is 3.07 bits per heavy atom. The highest BCUT2D eigenvalue weighted by molar-refractivity contribution is 5.85. The van der Waals surface area contributed by atoms with Crippen LogP contribution < -0.4 is 0 Å². The minimum Gasteiger partial charge on any atom is -0.481 e. The summed E-state index contributed by atoms with van der Waals surface area (Å²) in [5, 5.41) is 9.01. The molecule has 0 aromatic heterocycles. The normalized spacial score (nSPS) is 49.1. The van der Waals surface area contributed by atoms with Gasteiger partial charge >= 0.3 is 11.9 Å². The second kappa shape index (κ2) is 2.28. The molecule has 1 spiro atoms. The number of cyclic esters (lactones) is 1. The van der Waals surface area contributed by atoms with Crippen molar-refractivity contribution in [3.8, 4) is 0 Å². The summed E-state index contributed by atoms with van der Waals surface area (Å²) in [5.74, 6) is -2.61. The van der Waals surface area contributed by atoms with E-state index in [4.69, 9.17) is 14.6 Å². The molecule has 0 amide bonds. The standard InChI is InChI=1S/C9H10O5/c10-7(11)5-4-1-2-9(14-4)3-13-8(12)6(5)9/h4-6H,1-3H2,(H,10,11)/t4-,5+,6+,9-/m0/s1. The van der Waals surface area contributed by atoms with Crippen molar-refractivity contribution in [3.05, 3.63) is 0 Å².